The van der Waals surface area contributed by atoms with Crippen LogP contribution in [0.5, 0.6) is 0 Å². The van der Waals surface area contributed by atoms with Crippen molar-refractivity contribution in [1.29, 1.82) is 0 Å². The third-order valence-electron chi connectivity index (χ3n) is 5.24. The van der Waals surface area contributed by atoms with Gasteiger partial charge in [0.25, 0.3) is 5.56 Å². The summed E-state index contributed by atoms with van der Waals surface area (Å²) in [7, 11) is 0. The van der Waals surface area contributed by atoms with Crippen LogP contribution in [0.25, 0.3) is 10.9 Å². The van der Waals surface area contributed by atoms with E-state index in [1.54, 1.807) is 17.4 Å². The molecular formula is C25H27N3OS. The van der Waals surface area contributed by atoms with E-state index in [0.717, 1.165) is 11.9 Å². The number of aromatic nitrogens is 2. The molecule has 2 N–H and O–H groups in total. The molecule has 0 aliphatic heterocycles. The molecule has 4 aromatic rings. The minimum absolute atomic E-state index is 0.0323. The monoisotopic (exact) mass is 417 g/mol. The molecule has 4 rings (SSSR count). The second-order valence-electron chi connectivity index (χ2n) is 8.14. The largest absolute Gasteiger partial charge is 0.309 e. The summed E-state index contributed by atoms with van der Waals surface area (Å²) >= 11 is 1.73. The first-order valence-electron chi connectivity index (χ1n) is 10.4. The highest BCUT2D eigenvalue weighted by Gasteiger charge is 2.20. The number of hydrogen-bond donors (Lipinski definition) is 2. The lowest BCUT2D eigenvalue weighted by Gasteiger charge is -2.23. The van der Waals surface area contributed by atoms with Crippen LogP contribution in [0, 0.1) is 5.92 Å². The Kier molecular flexibility index (Phi) is 6.11. The Morgan fingerprint density at radius 1 is 1.00 bits per heavy atom. The highest BCUT2D eigenvalue weighted by atomic mass is 32.1. The van der Waals surface area contributed by atoms with Gasteiger partial charge in [0.1, 0.15) is 5.82 Å². The van der Waals surface area contributed by atoms with E-state index < -0.39 is 0 Å². The lowest BCUT2D eigenvalue weighted by molar-refractivity contribution is 0.500. The van der Waals surface area contributed by atoms with E-state index in [1.165, 1.54) is 16.0 Å². The van der Waals surface area contributed by atoms with Crippen molar-refractivity contribution in [1.82, 2.24) is 15.3 Å². The number of fused-ring (bicyclic) bond motifs is 1. The van der Waals surface area contributed by atoms with Crippen LogP contribution < -0.4 is 10.9 Å². The number of H-pyrrole nitrogens is 1. The molecule has 0 aliphatic rings. The molecule has 0 radical (unpaired) electrons. The quantitative estimate of drug-likeness (QED) is 0.410. The van der Waals surface area contributed by atoms with Crippen molar-refractivity contribution in [2.24, 2.45) is 5.92 Å². The van der Waals surface area contributed by atoms with Gasteiger partial charge in [-0.3, -0.25) is 10.1 Å². The smallest absolute Gasteiger partial charge is 0.258 e. The molecule has 154 valence electrons. The molecule has 4 nitrogen and oxygen atoms in total. The van der Waals surface area contributed by atoms with E-state index in [-0.39, 0.29) is 17.6 Å². The lowest BCUT2D eigenvalue weighted by atomic mass is 9.98. The number of nitrogens with one attached hydrogen (secondary N) is 2. The summed E-state index contributed by atoms with van der Waals surface area (Å²) in [4.78, 5) is 21.4. The number of rotatable bonds is 7. The maximum Gasteiger partial charge on any atom is 0.258 e. The van der Waals surface area contributed by atoms with Gasteiger partial charge in [0.15, 0.2) is 0 Å². The van der Waals surface area contributed by atoms with Gasteiger partial charge in [-0.25, -0.2) is 4.98 Å². The Bertz CT molecular complexity index is 1160. The van der Waals surface area contributed by atoms with Crippen LogP contribution >= 0.6 is 11.3 Å². The van der Waals surface area contributed by atoms with Crippen LogP contribution in [0.2, 0.25) is 0 Å². The van der Waals surface area contributed by atoms with E-state index >= 15 is 0 Å². The Morgan fingerprint density at radius 2 is 1.77 bits per heavy atom. The third kappa shape index (κ3) is 4.53. The van der Waals surface area contributed by atoms with E-state index in [0.29, 0.717) is 17.1 Å². The van der Waals surface area contributed by atoms with E-state index in [9.17, 15) is 4.79 Å². The molecule has 0 amide bonds. The molecule has 0 saturated heterocycles. The van der Waals surface area contributed by atoms with Crippen LogP contribution in [0.1, 0.15) is 54.7 Å². The zero-order valence-electron chi connectivity index (χ0n) is 17.6. The highest BCUT2D eigenvalue weighted by Crippen LogP contribution is 2.29. The summed E-state index contributed by atoms with van der Waals surface area (Å²) in [5.74, 6) is 1.29. The normalized spacial score (nSPS) is 13.6. The maximum atomic E-state index is 12.5. The van der Waals surface area contributed by atoms with Gasteiger partial charge in [0, 0.05) is 4.88 Å². The van der Waals surface area contributed by atoms with Crippen molar-refractivity contribution in [2.45, 2.75) is 39.3 Å². The SMILES string of the molecule is CC(C)Cc1ccc([C@H](N[C@H](C)c2nc3ccccc3c(=O)[nH]2)c2cccs2)cc1. The fraction of sp³-hybridized carbons (Fsp3) is 0.280. The zero-order chi connectivity index (χ0) is 21.1. The van der Waals surface area contributed by atoms with Crippen LogP contribution in [0.15, 0.2) is 70.8 Å². The summed E-state index contributed by atoms with van der Waals surface area (Å²) in [6, 6.07) is 20.4. The molecule has 0 fully saturated rings. The first-order valence-corrected chi connectivity index (χ1v) is 11.3. The average Bonchev–Trinajstić information content (AvgIpc) is 3.27. The van der Waals surface area contributed by atoms with Crippen LogP contribution in [-0.4, -0.2) is 9.97 Å². The molecule has 0 spiro atoms. The van der Waals surface area contributed by atoms with Gasteiger partial charge in [-0.15, -0.1) is 11.3 Å². The van der Waals surface area contributed by atoms with Gasteiger partial charge >= 0.3 is 0 Å². The number of nitrogens with zero attached hydrogens (tertiary/aromatic N) is 1. The molecule has 2 atom stereocenters. The van der Waals surface area contributed by atoms with Gasteiger partial charge < -0.3 is 4.98 Å². The van der Waals surface area contributed by atoms with Crippen molar-refractivity contribution in [2.75, 3.05) is 0 Å². The van der Waals surface area contributed by atoms with Crippen LogP contribution in [0.4, 0.5) is 0 Å². The number of benzene rings is 2. The van der Waals surface area contributed by atoms with E-state index in [4.69, 9.17) is 4.98 Å². The molecule has 30 heavy (non-hydrogen) atoms. The van der Waals surface area contributed by atoms with Crippen molar-refractivity contribution < 1.29 is 0 Å². The predicted molar refractivity (Wildman–Crippen MR) is 125 cm³/mol. The van der Waals surface area contributed by atoms with Crippen molar-refractivity contribution in [3.63, 3.8) is 0 Å². The molecule has 0 saturated carbocycles. The molecule has 2 heterocycles. The minimum atomic E-state index is -0.121. The Labute approximate surface area is 181 Å². The molecule has 0 aliphatic carbocycles. The Morgan fingerprint density at radius 3 is 2.47 bits per heavy atom. The molecular weight excluding hydrogens is 390 g/mol. The predicted octanol–water partition coefficient (Wildman–Crippen LogP) is 5.62. The first kappa shape index (κ1) is 20.5. The van der Waals surface area contributed by atoms with E-state index in [1.807, 2.05) is 25.1 Å². The second-order valence-corrected chi connectivity index (χ2v) is 9.12. The van der Waals surface area contributed by atoms with Gasteiger partial charge in [0.2, 0.25) is 0 Å². The number of hydrogen-bond acceptors (Lipinski definition) is 4. The molecule has 2 aromatic carbocycles. The molecule has 0 bridgehead atoms. The fourth-order valence-corrected chi connectivity index (χ4v) is 4.57. The summed E-state index contributed by atoms with van der Waals surface area (Å²) in [5.41, 5.74) is 3.18. The van der Waals surface area contributed by atoms with Gasteiger partial charge in [-0.1, -0.05) is 56.3 Å². The molecule has 0 unspecified atom stereocenters. The number of aromatic amines is 1. The van der Waals surface area contributed by atoms with Gasteiger partial charge in [-0.05, 0) is 54.0 Å². The van der Waals surface area contributed by atoms with Crippen molar-refractivity contribution >= 4 is 22.2 Å². The molecule has 2 aromatic heterocycles. The van der Waals surface area contributed by atoms with Crippen LogP contribution in [-0.2, 0) is 6.42 Å². The van der Waals surface area contributed by atoms with Crippen molar-refractivity contribution in [3.8, 4) is 0 Å². The summed E-state index contributed by atoms with van der Waals surface area (Å²) in [6.45, 7) is 6.52. The van der Waals surface area contributed by atoms with Gasteiger partial charge in [0.05, 0.1) is 23.0 Å². The number of thiophene rings is 1. The maximum absolute atomic E-state index is 12.5. The topological polar surface area (TPSA) is 57.8 Å². The van der Waals surface area contributed by atoms with E-state index in [2.05, 4.69) is 65.9 Å². The Hall–Kier alpha value is -2.76. The second kappa shape index (κ2) is 8.94. The highest BCUT2D eigenvalue weighted by molar-refractivity contribution is 7.10. The number of para-hydroxylation sites is 1. The Balaban J connectivity index is 1.63. The summed E-state index contributed by atoms with van der Waals surface area (Å²) in [5, 5.41) is 6.39. The zero-order valence-corrected chi connectivity index (χ0v) is 18.4. The fourth-order valence-electron chi connectivity index (χ4n) is 3.75. The molecule has 5 heteroatoms. The standard InChI is InChI=1S/C25H27N3OS/c1-16(2)15-18-10-12-19(13-11-18)23(22-9-6-14-30-22)26-17(3)24-27-21-8-5-4-7-20(21)25(29)28-24/h4-14,16-17,23,26H,15H2,1-3H3,(H,27,28,29)/t17-,23+/m1/s1. The van der Waals surface area contributed by atoms with Gasteiger partial charge in [-0.2, -0.15) is 0 Å². The van der Waals surface area contributed by atoms with Crippen molar-refractivity contribution in [3.05, 3.63) is 98.2 Å². The van der Waals surface area contributed by atoms with Crippen LogP contribution in [0.3, 0.4) is 0 Å². The first-order chi connectivity index (χ1) is 14.5. The minimum Gasteiger partial charge on any atom is -0.309 e. The third-order valence-corrected chi connectivity index (χ3v) is 6.18. The summed E-state index contributed by atoms with van der Waals surface area (Å²) in [6.07, 6.45) is 1.08. The lowest BCUT2D eigenvalue weighted by Crippen LogP contribution is -2.28. The summed E-state index contributed by atoms with van der Waals surface area (Å²) < 4.78 is 0. The average molecular weight is 418 g/mol.